The normalized spacial score (nSPS) is 12.0. The number of rotatable bonds is 4. The Kier molecular flexibility index (Phi) is 4.56. The third-order valence-electron chi connectivity index (χ3n) is 3.70. The lowest BCUT2D eigenvalue weighted by Gasteiger charge is -2.11. The van der Waals surface area contributed by atoms with Crippen molar-refractivity contribution in [3.05, 3.63) is 65.3 Å². The van der Waals surface area contributed by atoms with Crippen molar-refractivity contribution in [2.75, 3.05) is 0 Å². The van der Waals surface area contributed by atoms with E-state index in [0.29, 0.717) is 28.4 Å². The molecular weight excluding hydrogens is 323 g/mol. The van der Waals surface area contributed by atoms with E-state index in [1.165, 1.54) is 18.5 Å². The molecule has 0 bridgehead atoms. The van der Waals surface area contributed by atoms with Gasteiger partial charge in [0.1, 0.15) is 11.9 Å². The first kappa shape index (κ1) is 16.8. The van der Waals surface area contributed by atoms with Crippen molar-refractivity contribution in [2.45, 2.75) is 26.8 Å². The van der Waals surface area contributed by atoms with Crippen molar-refractivity contribution in [3.8, 4) is 11.1 Å². The van der Waals surface area contributed by atoms with Gasteiger partial charge in [-0.3, -0.25) is 9.78 Å². The molecule has 0 aliphatic rings. The third-order valence-corrected chi connectivity index (χ3v) is 3.70. The number of aromatic nitrogens is 3. The van der Waals surface area contributed by atoms with Crippen molar-refractivity contribution >= 4 is 5.91 Å². The first-order valence-corrected chi connectivity index (χ1v) is 7.76. The minimum absolute atomic E-state index is 0.319. The molecule has 128 valence electrons. The number of aryl methyl sites for hydroxylation is 2. The predicted molar refractivity (Wildman–Crippen MR) is 89.3 cm³/mol. The summed E-state index contributed by atoms with van der Waals surface area (Å²) in [4.78, 5) is 20.6. The zero-order valence-corrected chi connectivity index (χ0v) is 14.1. The topological polar surface area (TPSA) is 80.9 Å². The Morgan fingerprint density at radius 1 is 1.24 bits per heavy atom. The maximum atomic E-state index is 14.1. The fourth-order valence-electron chi connectivity index (χ4n) is 2.40. The molecule has 0 aliphatic heterocycles. The van der Waals surface area contributed by atoms with Gasteiger partial charge in [-0.25, -0.2) is 4.39 Å². The van der Waals surface area contributed by atoms with E-state index in [1.807, 2.05) is 13.0 Å². The molecule has 2 aromatic heterocycles. The molecule has 6 nitrogen and oxygen atoms in total. The highest BCUT2D eigenvalue weighted by Crippen LogP contribution is 2.24. The number of nitrogens with one attached hydrogen (secondary N) is 1. The van der Waals surface area contributed by atoms with Crippen molar-refractivity contribution < 1.29 is 13.7 Å². The van der Waals surface area contributed by atoms with E-state index in [1.54, 1.807) is 26.0 Å². The summed E-state index contributed by atoms with van der Waals surface area (Å²) in [6.07, 6.45) is 2.95. The fourth-order valence-corrected chi connectivity index (χ4v) is 2.40. The van der Waals surface area contributed by atoms with Gasteiger partial charge in [-0.1, -0.05) is 17.3 Å². The van der Waals surface area contributed by atoms with E-state index in [4.69, 9.17) is 4.52 Å². The van der Waals surface area contributed by atoms with Gasteiger partial charge in [0.05, 0.1) is 5.56 Å². The summed E-state index contributed by atoms with van der Waals surface area (Å²) < 4.78 is 19.2. The number of hydrogen-bond acceptors (Lipinski definition) is 5. The number of carbonyl (C=O) groups excluding carboxylic acids is 1. The second-order valence-electron chi connectivity index (χ2n) is 5.82. The molecule has 7 heteroatoms. The molecule has 1 atom stereocenters. The summed E-state index contributed by atoms with van der Waals surface area (Å²) in [5.41, 5.74) is 2.08. The molecular formula is C18H17FN4O2. The van der Waals surface area contributed by atoms with Crippen molar-refractivity contribution in [2.24, 2.45) is 0 Å². The summed E-state index contributed by atoms with van der Waals surface area (Å²) in [7, 11) is 0. The highest BCUT2D eigenvalue weighted by Gasteiger charge is 2.17. The van der Waals surface area contributed by atoms with E-state index in [0.717, 1.165) is 5.56 Å². The van der Waals surface area contributed by atoms with Crippen LogP contribution in [-0.2, 0) is 0 Å². The van der Waals surface area contributed by atoms with Gasteiger partial charge < -0.3 is 9.84 Å². The SMILES string of the molecule is Cc1ccc(-c2cncc(C(=O)NC(C)c3nc(C)no3)c2)c(F)c1. The monoisotopic (exact) mass is 340 g/mol. The zero-order valence-electron chi connectivity index (χ0n) is 14.1. The fraction of sp³-hybridized carbons (Fsp3) is 0.222. The molecule has 2 heterocycles. The zero-order chi connectivity index (χ0) is 18.0. The van der Waals surface area contributed by atoms with Gasteiger partial charge in [-0.05, 0) is 38.5 Å². The van der Waals surface area contributed by atoms with Crippen LogP contribution in [0.25, 0.3) is 11.1 Å². The van der Waals surface area contributed by atoms with Gasteiger partial charge in [0, 0.05) is 23.5 Å². The molecule has 1 unspecified atom stereocenters. The van der Waals surface area contributed by atoms with Crippen LogP contribution in [0.5, 0.6) is 0 Å². The minimum atomic E-state index is -0.450. The molecule has 0 aliphatic carbocycles. The van der Waals surface area contributed by atoms with Crippen molar-refractivity contribution in [1.29, 1.82) is 0 Å². The Hall–Kier alpha value is -3.09. The van der Waals surface area contributed by atoms with Crippen molar-refractivity contribution in [1.82, 2.24) is 20.4 Å². The molecule has 0 fully saturated rings. The second-order valence-corrected chi connectivity index (χ2v) is 5.82. The van der Waals surface area contributed by atoms with Crippen LogP contribution < -0.4 is 5.32 Å². The third kappa shape index (κ3) is 3.71. The molecule has 1 N–H and O–H groups in total. The quantitative estimate of drug-likeness (QED) is 0.787. The lowest BCUT2D eigenvalue weighted by atomic mass is 10.0. The predicted octanol–water partition coefficient (Wildman–Crippen LogP) is 3.38. The summed E-state index contributed by atoms with van der Waals surface area (Å²) in [5.74, 6) is 0.105. The number of amides is 1. The number of halogens is 1. The van der Waals surface area contributed by atoms with Gasteiger partial charge in [-0.15, -0.1) is 0 Å². The van der Waals surface area contributed by atoms with Gasteiger partial charge in [-0.2, -0.15) is 4.98 Å². The van der Waals surface area contributed by atoms with Gasteiger partial charge in [0.15, 0.2) is 5.82 Å². The number of pyridine rings is 1. The van der Waals surface area contributed by atoms with E-state index >= 15 is 0 Å². The standard InChI is InChI=1S/C18H17FN4O2/c1-10-4-5-15(16(19)6-10)13-7-14(9-20-8-13)17(24)21-11(2)18-22-12(3)23-25-18/h4-9,11H,1-3H3,(H,21,24). The highest BCUT2D eigenvalue weighted by molar-refractivity contribution is 5.95. The molecule has 0 saturated carbocycles. The average Bonchev–Trinajstić information content (AvgIpc) is 3.01. The Balaban J connectivity index is 1.82. The van der Waals surface area contributed by atoms with Gasteiger partial charge in [0.25, 0.3) is 5.91 Å². The van der Waals surface area contributed by atoms with E-state index in [2.05, 4.69) is 20.4 Å². The van der Waals surface area contributed by atoms with Crippen LogP contribution >= 0.6 is 0 Å². The number of benzene rings is 1. The van der Waals surface area contributed by atoms with Crippen LogP contribution in [0.3, 0.4) is 0 Å². The number of carbonyl (C=O) groups is 1. The molecule has 25 heavy (non-hydrogen) atoms. The molecule has 3 aromatic rings. The first-order chi connectivity index (χ1) is 11.9. The minimum Gasteiger partial charge on any atom is -0.340 e. The Morgan fingerprint density at radius 3 is 2.72 bits per heavy atom. The van der Waals surface area contributed by atoms with Crippen LogP contribution in [0.1, 0.15) is 40.6 Å². The average molecular weight is 340 g/mol. The van der Waals surface area contributed by atoms with Crippen LogP contribution in [0, 0.1) is 19.7 Å². The largest absolute Gasteiger partial charge is 0.340 e. The van der Waals surface area contributed by atoms with E-state index < -0.39 is 6.04 Å². The summed E-state index contributed by atoms with van der Waals surface area (Å²) in [6, 6.07) is 6.08. The maximum Gasteiger partial charge on any atom is 0.253 e. The Morgan fingerprint density at radius 2 is 2.04 bits per heavy atom. The van der Waals surface area contributed by atoms with Crippen LogP contribution in [0.4, 0.5) is 4.39 Å². The first-order valence-electron chi connectivity index (χ1n) is 7.76. The smallest absolute Gasteiger partial charge is 0.253 e. The van der Waals surface area contributed by atoms with E-state index in [-0.39, 0.29) is 11.7 Å². The number of nitrogens with zero attached hydrogens (tertiary/aromatic N) is 3. The maximum absolute atomic E-state index is 14.1. The Bertz CT molecular complexity index is 923. The lowest BCUT2D eigenvalue weighted by molar-refractivity contribution is 0.0932. The molecule has 0 spiro atoms. The van der Waals surface area contributed by atoms with Gasteiger partial charge >= 0.3 is 0 Å². The molecule has 3 rings (SSSR count). The highest BCUT2D eigenvalue weighted by atomic mass is 19.1. The summed E-state index contributed by atoms with van der Waals surface area (Å²) >= 11 is 0. The molecule has 0 saturated heterocycles. The van der Waals surface area contributed by atoms with Crippen LogP contribution in [-0.4, -0.2) is 21.0 Å². The van der Waals surface area contributed by atoms with Crippen LogP contribution in [0.15, 0.2) is 41.2 Å². The Labute approximate surface area is 144 Å². The van der Waals surface area contributed by atoms with Crippen LogP contribution in [0.2, 0.25) is 0 Å². The summed E-state index contributed by atoms with van der Waals surface area (Å²) in [5, 5.41) is 6.46. The molecule has 1 aromatic carbocycles. The van der Waals surface area contributed by atoms with Gasteiger partial charge in [0.2, 0.25) is 5.89 Å². The lowest BCUT2D eigenvalue weighted by Crippen LogP contribution is -2.27. The van der Waals surface area contributed by atoms with Crippen molar-refractivity contribution in [3.63, 3.8) is 0 Å². The second kappa shape index (κ2) is 6.80. The summed E-state index contributed by atoms with van der Waals surface area (Å²) in [6.45, 7) is 5.25. The molecule has 1 amide bonds. The number of hydrogen-bond donors (Lipinski definition) is 1. The van der Waals surface area contributed by atoms with E-state index in [9.17, 15) is 9.18 Å². The molecule has 0 radical (unpaired) electrons.